The van der Waals surface area contributed by atoms with Crippen LogP contribution in [0, 0.1) is 56.7 Å². The van der Waals surface area contributed by atoms with Crippen LogP contribution in [-0.4, -0.2) is 16.9 Å². The van der Waals surface area contributed by atoms with E-state index in [1.54, 1.807) is 0 Å². The topological polar surface area (TPSA) is 54.4 Å². The molecule has 5 aliphatic rings. The lowest BCUT2D eigenvalue weighted by atomic mass is 9.33. The molecular weight excluding hydrogens is 408 g/mol. The average Bonchev–Trinajstić information content (AvgIpc) is 2.71. The van der Waals surface area contributed by atoms with Crippen LogP contribution in [0.4, 0.5) is 0 Å². The number of fused-ring (bicyclic) bond motifs is 7. The molecule has 184 valence electrons. The molecule has 0 aromatic rings. The molecule has 5 aliphatic carbocycles. The third kappa shape index (κ3) is 2.74. The molecule has 0 radical (unpaired) electrons. The number of carboxylic acids is 1. The quantitative estimate of drug-likeness (QED) is 0.452. The van der Waals surface area contributed by atoms with E-state index in [4.69, 9.17) is 0 Å². The number of carboxylic acid groups (broad SMARTS) is 1. The molecule has 0 amide bonds. The van der Waals surface area contributed by atoms with Crippen LogP contribution in [0.5, 0.6) is 0 Å². The Morgan fingerprint density at radius 2 is 1.64 bits per heavy atom. The van der Waals surface area contributed by atoms with Crippen molar-refractivity contribution in [2.45, 2.75) is 106 Å². The van der Waals surface area contributed by atoms with Gasteiger partial charge in [-0.3, -0.25) is 9.59 Å². The number of rotatable bonds is 1. The highest BCUT2D eigenvalue weighted by atomic mass is 16.4. The Labute approximate surface area is 201 Å². The third-order valence-corrected chi connectivity index (χ3v) is 12.9. The standard InChI is InChI=1S/C30H46O3/c1-18-9-14-30(25(32)33)16-15-28(6)20(23(30)19(18)2)17-21(31)24-27(5)12-8-11-26(3,4)22(27)10-13-29(24,28)7/h17-19,22-24H,8-16H2,1-7H3,(H,32,33)/t18-,19+,22+,23+,24-,27+,28-,29-,30+/m1/s1. The van der Waals surface area contributed by atoms with Gasteiger partial charge < -0.3 is 5.11 Å². The Balaban J connectivity index is 1.67. The van der Waals surface area contributed by atoms with Crippen LogP contribution in [0.1, 0.15) is 106 Å². The van der Waals surface area contributed by atoms with E-state index in [1.807, 2.05) is 6.08 Å². The molecule has 4 saturated carbocycles. The van der Waals surface area contributed by atoms with Gasteiger partial charge in [0, 0.05) is 5.92 Å². The number of allylic oxidation sites excluding steroid dienone is 2. The zero-order valence-corrected chi connectivity index (χ0v) is 22.1. The number of aliphatic carboxylic acids is 1. The Morgan fingerprint density at radius 1 is 0.939 bits per heavy atom. The second-order valence-corrected chi connectivity index (χ2v) is 14.4. The summed E-state index contributed by atoms with van der Waals surface area (Å²) in [5, 5.41) is 10.5. The van der Waals surface area contributed by atoms with Crippen molar-refractivity contribution in [1.29, 1.82) is 0 Å². The van der Waals surface area contributed by atoms with E-state index in [9.17, 15) is 14.7 Å². The minimum atomic E-state index is -0.686. The van der Waals surface area contributed by atoms with Crippen LogP contribution >= 0.6 is 0 Å². The molecule has 1 N–H and O–H groups in total. The van der Waals surface area contributed by atoms with Crippen molar-refractivity contribution < 1.29 is 14.7 Å². The summed E-state index contributed by atoms with van der Waals surface area (Å²) in [6.45, 7) is 16.7. The zero-order chi connectivity index (χ0) is 24.2. The summed E-state index contributed by atoms with van der Waals surface area (Å²) >= 11 is 0. The van der Waals surface area contributed by atoms with Gasteiger partial charge in [0.25, 0.3) is 0 Å². The molecule has 0 bridgehead atoms. The van der Waals surface area contributed by atoms with Crippen molar-refractivity contribution in [3.8, 4) is 0 Å². The second kappa shape index (κ2) is 6.97. The fourth-order valence-corrected chi connectivity index (χ4v) is 10.8. The van der Waals surface area contributed by atoms with Crippen molar-refractivity contribution >= 4 is 11.8 Å². The summed E-state index contributed by atoms with van der Waals surface area (Å²) in [4.78, 5) is 27.0. The molecule has 4 fully saturated rings. The summed E-state index contributed by atoms with van der Waals surface area (Å²) in [5.41, 5.74) is 0.695. The average molecular weight is 455 g/mol. The van der Waals surface area contributed by atoms with Crippen molar-refractivity contribution in [1.82, 2.24) is 0 Å². The van der Waals surface area contributed by atoms with Crippen LogP contribution < -0.4 is 0 Å². The smallest absolute Gasteiger partial charge is 0.310 e. The zero-order valence-electron chi connectivity index (χ0n) is 22.1. The van der Waals surface area contributed by atoms with E-state index < -0.39 is 11.4 Å². The summed E-state index contributed by atoms with van der Waals surface area (Å²) in [5.74, 6) is 1.14. The molecule has 0 unspecified atom stereocenters. The molecule has 0 spiro atoms. The number of hydrogen-bond donors (Lipinski definition) is 1. The number of carbonyl (C=O) groups is 2. The van der Waals surface area contributed by atoms with Crippen molar-refractivity contribution in [3.63, 3.8) is 0 Å². The Kier molecular flexibility index (Phi) is 4.99. The second-order valence-electron chi connectivity index (χ2n) is 14.4. The van der Waals surface area contributed by atoms with Gasteiger partial charge in [-0.15, -0.1) is 0 Å². The lowest BCUT2D eigenvalue weighted by Gasteiger charge is -2.70. The highest BCUT2D eigenvalue weighted by Crippen LogP contribution is 2.75. The molecule has 5 rings (SSSR count). The molecular formula is C30H46O3. The van der Waals surface area contributed by atoms with Gasteiger partial charge in [0.05, 0.1) is 5.41 Å². The highest BCUT2D eigenvalue weighted by Gasteiger charge is 2.70. The van der Waals surface area contributed by atoms with Crippen molar-refractivity contribution in [3.05, 3.63) is 11.6 Å². The Hall–Kier alpha value is -1.12. The molecule has 3 nitrogen and oxygen atoms in total. The van der Waals surface area contributed by atoms with Crippen LogP contribution in [0.15, 0.2) is 11.6 Å². The maximum Gasteiger partial charge on any atom is 0.310 e. The maximum atomic E-state index is 14.2. The Bertz CT molecular complexity index is 916. The maximum absolute atomic E-state index is 14.2. The molecule has 0 aliphatic heterocycles. The predicted octanol–water partition coefficient (Wildman–Crippen LogP) is 7.30. The SMILES string of the molecule is C[C@H]1[C@H](C)CC[C@]2(C(=O)O)CC[C@]3(C)C(=CC(=O)[C@@H]4[C@@]5(C)CCCC(C)(C)[C@@H]5CC[C@]43C)[C@H]12. The van der Waals surface area contributed by atoms with Gasteiger partial charge in [-0.25, -0.2) is 0 Å². The summed E-state index contributed by atoms with van der Waals surface area (Å²) in [7, 11) is 0. The molecule has 0 saturated heterocycles. The summed E-state index contributed by atoms with van der Waals surface area (Å²) in [6.07, 6.45) is 11.4. The van der Waals surface area contributed by atoms with Crippen LogP contribution in [0.2, 0.25) is 0 Å². The van der Waals surface area contributed by atoms with Gasteiger partial charge in [-0.05, 0) is 103 Å². The Morgan fingerprint density at radius 3 is 2.30 bits per heavy atom. The lowest BCUT2D eigenvalue weighted by Crippen LogP contribution is -2.66. The van der Waals surface area contributed by atoms with Crippen LogP contribution in [0.25, 0.3) is 0 Å². The minimum absolute atomic E-state index is 0.00690. The molecule has 9 atom stereocenters. The van der Waals surface area contributed by atoms with Gasteiger partial charge in [0.2, 0.25) is 0 Å². The molecule has 0 heterocycles. The van der Waals surface area contributed by atoms with E-state index in [1.165, 1.54) is 24.8 Å². The third-order valence-electron chi connectivity index (χ3n) is 12.9. The lowest BCUT2D eigenvalue weighted by molar-refractivity contribution is -0.191. The normalized spacial score (nSPS) is 53.1. The number of carbonyl (C=O) groups excluding carboxylic acids is 1. The summed E-state index contributed by atoms with van der Waals surface area (Å²) in [6, 6.07) is 0. The number of ketones is 1. The van der Waals surface area contributed by atoms with E-state index >= 15 is 0 Å². The first-order valence-electron chi connectivity index (χ1n) is 13.7. The van der Waals surface area contributed by atoms with Gasteiger partial charge in [0.1, 0.15) is 0 Å². The molecule has 0 aromatic carbocycles. The van der Waals surface area contributed by atoms with Gasteiger partial charge in [-0.2, -0.15) is 0 Å². The molecule has 33 heavy (non-hydrogen) atoms. The summed E-state index contributed by atoms with van der Waals surface area (Å²) < 4.78 is 0. The first-order chi connectivity index (χ1) is 15.2. The predicted molar refractivity (Wildman–Crippen MR) is 132 cm³/mol. The van der Waals surface area contributed by atoms with Gasteiger partial charge >= 0.3 is 5.97 Å². The largest absolute Gasteiger partial charge is 0.481 e. The van der Waals surface area contributed by atoms with Crippen molar-refractivity contribution in [2.75, 3.05) is 0 Å². The van der Waals surface area contributed by atoms with E-state index in [0.717, 1.165) is 38.5 Å². The minimum Gasteiger partial charge on any atom is -0.481 e. The fourth-order valence-electron chi connectivity index (χ4n) is 10.8. The number of hydrogen-bond acceptors (Lipinski definition) is 2. The highest BCUT2D eigenvalue weighted by molar-refractivity contribution is 5.96. The van der Waals surface area contributed by atoms with E-state index in [0.29, 0.717) is 23.5 Å². The van der Waals surface area contributed by atoms with Crippen LogP contribution in [0.3, 0.4) is 0 Å². The van der Waals surface area contributed by atoms with Gasteiger partial charge in [-0.1, -0.05) is 60.5 Å². The first-order valence-corrected chi connectivity index (χ1v) is 13.7. The fraction of sp³-hybridized carbons (Fsp3) is 0.867. The first kappa shape index (κ1) is 23.6. The van der Waals surface area contributed by atoms with Crippen LogP contribution in [-0.2, 0) is 9.59 Å². The monoisotopic (exact) mass is 454 g/mol. The molecule has 3 heteroatoms. The van der Waals surface area contributed by atoms with E-state index in [-0.39, 0.29) is 33.5 Å². The molecule has 0 aromatic heterocycles. The van der Waals surface area contributed by atoms with Gasteiger partial charge in [0.15, 0.2) is 5.78 Å². The van der Waals surface area contributed by atoms with E-state index in [2.05, 4.69) is 48.5 Å². The van der Waals surface area contributed by atoms with Crippen molar-refractivity contribution in [2.24, 2.45) is 56.7 Å².